The molecule has 5 nitrogen and oxygen atoms in total. The number of urea groups is 1. The Hall–Kier alpha value is -2.27. The molecular weight excluding hydrogens is 441 g/mol. The number of likely N-dealkylation sites (tertiary alicyclic amines) is 1. The molecule has 1 aromatic heterocycles. The summed E-state index contributed by atoms with van der Waals surface area (Å²) in [4.78, 5) is 21.4. The molecule has 0 aliphatic carbocycles. The van der Waals surface area contributed by atoms with Gasteiger partial charge in [0.05, 0.1) is 12.2 Å². The topological polar surface area (TPSA) is 48.5 Å². The highest BCUT2D eigenvalue weighted by Gasteiger charge is 2.36. The molecular formula is C25H33F2N4OP. The molecule has 2 fully saturated rings. The highest BCUT2D eigenvalue weighted by molar-refractivity contribution is 7.18. The number of alkyl halides is 1. The van der Waals surface area contributed by atoms with Gasteiger partial charge in [-0.2, -0.15) is 0 Å². The van der Waals surface area contributed by atoms with E-state index in [1.807, 2.05) is 9.80 Å². The number of aromatic nitrogens is 1. The van der Waals surface area contributed by atoms with Crippen LogP contribution < -0.4 is 10.2 Å². The molecule has 0 saturated carbocycles. The van der Waals surface area contributed by atoms with Gasteiger partial charge in [-0.3, -0.25) is 0 Å². The van der Waals surface area contributed by atoms with Gasteiger partial charge in [-0.15, -0.1) is 0 Å². The zero-order chi connectivity index (χ0) is 23.8. The molecule has 2 aliphatic rings. The van der Waals surface area contributed by atoms with E-state index in [0.29, 0.717) is 54.6 Å². The quantitative estimate of drug-likeness (QED) is 0.561. The average molecular weight is 475 g/mol. The number of hydrogen-bond acceptors (Lipinski definition) is 3. The van der Waals surface area contributed by atoms with Crippen molar-refractivity contribution in [2.75, 3.05) is 36.4 Å². The summed E-state index contributed by atoms with van der Waals surface area (Å²) in [6, 6.07) is 7.92. The van der Waals surface area contributed by atoms with Gasteiger partial charge in [0.2, 0.25) is 0 Å². The second-order valence-electron chi connectivity index (χ2n) is 10.3. The molecule has 2 aromatic rings. The van der Waals surface area contributed by atoms with Crippen LogP contribution in [0.2, 0.25) is 0 Å². The van der Waals surface area contributed by atoms with Crippen molar-refractivity contribution in [3.8, 4) is 11.1 Å². The maximum absolute atomic E-state index is 14.7. The lowest BCUT2D eigenvalue weighted by atomic mass is 9.75. The predicted octanol–water partition coefficient (Wildman–Crippen LogP) is 5.93. The van der Waals surface area contributed by atoms with Crippen LogP contribution in [0.25, 0.3) is 11.1 Å². The number of pyridine rings is 1. The molecule has 2 saturated heterocycles. The first kappa shape index (κ1) is 23.9. The summed E-state index contributed by atoms with van der Waals surface area (Å²) in [7, 11) is 2.26. The molecule has 0 bridgehead atoms. The fourth-order valence-corrected chi connectivity index (χ4v) is 5.18. The number of anilines is 2. The van der Waals surface area contributed by atoms with Crippen molar-refractivity contribution in [2.24, 2.45) is 11.3 Å². The third kappa shape index (κ3) is 5.29. The minimum absolute atomic E-state index is 0.144. The number of nitrogens with one attached hydrogen (secondary N) is 1. The maximum Gasteiger partial charge on any atom is 0.321 e. The Kier molecular flexibility index (Phi) is 6.63. The number of carbonyl (C=O) groups excluding carboxylic acids is 1. The highest BCUT2D eigenvalue weighted by atomic mass is 31.0. The number of piperidine rings is 1. The van der Waals surface area contributed by atoms with Crippen molar-refractivity contribution >= 4 is 26.8 Å². The van der Waals surface area contributed by atoms with Crippen LogP contribution in [0, 0.1) is 17.2 Å². The summed E-state index contributed by atoms with van der Waals surface area (Å²) >= 11 is 0. The molecule has 2 aliphatic heterocycles. The van der Waals surface area contributed by atoms with Crippen molar-refractivity contribution in [1.82, 2.24) is 9.88 Å². The second kappa shape index (κ2) is 9.17. The van der Waals surface area contributed by atoms with E-state index >= 15 is 0 Å². The minimum Gasteiger partial charge on any atom is -0.351 e. The van der Waals surface area contributed by atoms with Crippen molar-refractivity contribution in [1.29, 1.82) is 0 Å². The number of amides is 2. The third-order valence-corrected chi connectivity index (χ3v) is 7.36. The summed E-state index contributed by atoms with van der Waals surface area (Å²) in [5.41, 5.74) is 1.55. The van der Waals surface area contributed by atoms with E-state index in [-0.39, 0.29) is 23.8 Å². The first-order valence-electron chi connectivity index (χ1n) is 11.6. The van der Waals surface area contributed by atoms with Crippen LogP contribution in [0.15, 0.2) is 36.5 Å². The second-order valence-corrected chi connectivity index (χ2v) is 11.3. The van der Waals surface area contributed by atoms with E-state index in [0.717, 1.165) is 12.8 Å². The van der Waals surface area contributed by atoms with E-state index < -0.39 is 5.41 Å². The first-order valence-corrected chi connectivity index (χ1v) is 12.2. The van der Waals surface area contributed by atoms with Gasteiger partial charge in [-0.25, -0.2) is 18.6 Å². The molecule has 3 heterocycles. The van der Waals surface area contributed by atoms with Gasteiger partial charge in [-0.05, 0) is 36.3 Å². The Labute approximate surface area is 197 Å². The zero-order valence-electron chi connectivity index (χ0n) is 19.6. The maximum atomic E-state index is 14.7. The van der Waals surface area contributed by atoms with E-state index in [1.54, 1.807) is 30.5 Å². The van der Waals surface area contributed by atoms with Crippen molar-refractivity contribution in [3.63, 3.8) is 0 Å². The van der Waals surface area contributed by atoms with Crippen LogP contribution >= 0.6 is 9.24 Å². The summed E-state index contributed by atoms with van der Waals surface area (Å²) in [6.45, 7) is 8.66. The monoisotopic (exact) mass is 474 g/mol. The van der Waals surface area contributed by atoms with E-state index in [9.17, 15) is 13.6 Å². The first-order chi connectivity index (χ1) is 15.5. The lowest BCUT2D eigenvalue weighted by Crippen LogP contribution is -2.43. The Bertz CT molecular complexity index is 1020. The van der Waals surface area contributed by atoms with Gasteiger partial charge in [-0.1, -0.05) is 48.2 Å². The lowest BCUT2D eigenvalue weighted by molar-refractivity contribution is 0.128. The molecule has 2 amide bonds. The fraction of sp³-hybridized carbons (Fsp3) is 0.520. The molecule has 2 atom stereocenters. The molecule has 33 heavy (non-hydrogen) atoms. The number of hydrogen-bond donors (Lipinski definition) is 1. The Morgan fingerprint density at radius 3 is 2.45 bits per heavy atom. The number of benzene rings is 1. The predicted molar refractivity (Wildman–Crippen MR) is 133 cm³/mol. The number of halogens is 2. The van der Waals surface area contributed by atoms with Crippen molar-refractivity contribution in [2.45, 2.75) is 45.4 Å². The van der Waals surface area contributed by atoms with Crippen LogP contribution in [0.4, 0.5) is 25.1 Å². The summed E-state index contributed by atoms with van der Waals surface area (Å²) in [6.07, 6.45) is 3.82. The van der Waals surface area contributed by atoms with Gasteiger partial charge in [0.15, 0.2) is 5.82 Å². The Morgan fingerprint density at radius 1 is 1.15 bits per heavy atom. The largest absolute Gasteiger partial charge is 0.351 e. The van der Waals surface area contributed by atoms with Crippen molar-refractivity contribution in [3.05, 3.63) is 42.3 Å². The standard InChI is InChI=1S/C25H33F2N4OP/c1-24(2,3)17-9-13-30(14-10-17)23(32)29-21-19(18-6-4-5-7-20(18)26)8-12-28-22(21)31-15-11-25(27,33)16-31/h4-8,12,17H,9-11,13-16,33H2,1-3H3,(H,29,32). The van der Waals surface area contributed by atoms with Crippen LogP contribution in [0.5, 0.6) is 0 Å². The Balaban J connectivity index is 1.64. The molecule has 2 unspecified atom stereocenters. The van der Waals surface area contributed by atoms with Gasteiger partial charge in [0, 0.05) is 43.4 Å². The molecule has 8 heteroatoms. The number of nitrogens with zero attached hydrogens (tertiary/aromatic N) is 3. The summed E-state index contributed by atoms with van der Waals surface area (Å²) < 4.78 is 29.3. The smallest absolute Gasteiger partial charge is 0.321 e. The van der Waals surface area contributed by atoms with E-state index in [1.165, 1.54) is 6.07 Å². The highest BCUT2D eigenvalue weighted by Crippen LogP contribution is 2.41. The van der Waals surface area contributed by atoms with E-state index in [4.69, 9.17) is 0 Å². The van der Waals surface area contributed by atoms with Gasteiger partial charge >= 0.3 is 6.03 Å². The molecule has 1 N–H and O–H groups in total. The lowest BCUT2D eigenvalue weighted by Gasteiger charge is -2.38. The summed E-state index contributed by atoms with van der Waals surface area (Å²) in [5.74, 6) is 0.646. The van der Waals surface area contributed by atoms with Crippen molar-refractivity contribution < 1.29 is 13.6 Å². The Morgan fingerprint density at radius 2 is 1.85 bits per heavy atom. The molecule has 4 rings (SSSR count). The van der Waals surface area contributed by atoms with Crippen LogP contribution in [0.1, 0.15) is 40.0 Å². The number of rotatable bonds is 3. The van der Waals surface area contributed by atoms with Gasteiger partial charge in [0.1, 0.15) is 11.2 Å². The number of carbonyl (C=O) groups is 1. The zero-order valence-corrected chi connectivity index (χ0v) is 20.7. The normalized spacial score (nSPS) is 22.0. The molecule has 0 radical (unpaired) electrons. The SMILES string of the molecule is CC(C)(C)C1CCN(C(=O)Nc2c(-c3ccccc3F)ccnc2N2CCC(F)(P)C2)CC1. The average Bonchev–Trinajstić information content (AvgIpc) is 3.13. The van der Waals surface area contributed by atoms with Gasteiger partial charge in [0.25, 0.3) is 0 Å². The van der Waals surface area contributed by atoms with Crippen LogP contribution in [0.3, 0.4) is 0 Å². The van der Waals surface area contributed by atoms with Crippen LogP contribution in [-0.4, -0.2) is 47.5 Å². The minimum atomic E-state index is -1.41. The third-order valence-electron chi connectivity index (χ3n) is 6.88. The molecule has 178 valence electrons. The van der Waals surface area contributed by atoms with Gasteiger partial charge < -0.3 is 15.1 Å². The molecule has 0 spiro atoms. The fourth-order valence-electron chi connectivity index (χ4n) is 4.83. The summed E-state index contributed by atoms with van der Waals surface area (Å²) in [5, 5.41) is 1.61. The molecule has 1 aromatic carbocycles. The van der Waals surface area contributed by atoms with E-state index in [2.05, 4.69) is 40.3 Å². The van der Waals surface area contributed by atoms with Crippen LogP contribution in [-0.2, 0) is 0 Å².